The van der Waals surface area contributed by atoms with Crippen LogP contribution >= 0.6 is 0 Å². The predicted octanol–water partition coefficient (Wildman–Crippen LogP) is 5.26. The second-order valence-electron chi connectivity index (χ2n) is 10.6. The van der Waals surface area contributed by atoms with Gasteiger partial charge in [-0.3, -0.25) is 4.79 Å². The molecule has 4 aliphatic rings. The summed E-state index contributed by atoms with van der Waals surface area (Å²) >= 11 is 0. The zero-order valence-corrected chi connectivity index (χ0v) is 18.2. The Kier molecular flexibility index (Phi) is 5.56. The van der Waals surface area contributed by atoms with Crippen molar-refractivity contribution in [3.8, 4) is 0 Å². The van der Waals surface area contributed by atoms with Crippen LogP contribution in [0.1, 0.15) is 65.2 Å². The molecule has 3 aliphatic carbocycles. The van der Waals surface area contributed by atoms with E-state index in [1.165, 1.54) is 0 Å². The maximum absolute atomic E-state index is 13.1. The molecule has 32 heavy (non-hydrogen) atoms. The van der Waals surface area contributed by atoms with Crippen LogP contribution in [0, 0.1) is 29.1 Å². The van der Waals surface area contributed by atoms with Crippen molar-refractivity contribution in [3.05, 3.63) is 0 Å². The number of alkyl halides is 6. The summed E-state index contributed by atoms with van der Waals surface area (Å²) in [5.74, 6) is -3.36. The van der Waals surface area contributed by atoms with Crippen LogP contribution in [0.25, 0.3) is 0 Å². The average molecular weight is 469 g/mol. The zero-order valence-electron chi connectivity index (χ0n) is 18.2. The van der Waals surface area contributed by atoms with E-state index in [4.69, 9.17) is 4.74 Å². The molecule has 4 fully saturated rings. The fourth-order valence-electron chi connectivity index (χ4n) is 7.72. The van der Waals surface area contributed by atoms with Gasteiger partial charge >= 0.3 is 24.2 Å². The first-order valence-electron chi connectivity index (χ1n) is 11.3. The highest BCUT2D eigenvalue weighted by Crippen LogP contribution is 2.64. The normalized spacial score (nSPS) is 42.0. The maximum atomic E-state index is 13.1. The van der Waals surface area contributed by atoms with E-state index in [1.807, 2.05) is 0 Å². The average Bonchev–Trinajstić information content (AvgIpc) is 3.03. The van der Waals surface area contributed by atoms with Crippen molar-refractivity contribution in [2.75, 3.05) is 6.54 Å². The number of halogens is 6. The maximum Gasteiger partial charge on any atom is 0.490 e. The van der Waals surface area contributed by atoms with Crippen LogP contribution in [0.2, 0.25) is 0 Å². The number of carbonyl (C=O) groups is 2. The Labute approximate surface area is 183 Å². The first-order valence-corrected chi connectivity index (χ1v) is 11.3. The highest BCUT2D eigenvalue weighted by Gasteiger charge is 2.62. The molecule has 0 N–H and O–H groups in total. The molecule has 0 spiro atoms. The first kappa shape index (κ1) is 23.7. The van der Waals surface area contributed by atoms with Crippen LogP contribution < -0.4 is 0 Å². The lowest BCUT2D eigenvalue weighted by Gasteiger charge is -2.61. The second-order valence-corrected chi connectivity index (χ2v) is 10.6. The fraction of sp³-hybridized carbons (Fsp3) is 0.909. The molecule has 1 amide bonds. The number of nitrogens with zero attached hydrogens (tertiary/aromatic N) is 1. The number of esters is 1. The lowest BCUT2D eigenvalue weighted by molar-refractivity contribution is -0.211. The predicted molar refractivity (Wildman–Crippen MR) is 101 cm³/mol. The highest BCUT2D eigenvalue weighted by molar-refractivity contribution is 5.83. The lowest BCUT2D eigenvalue weighted by Crippen LogP contribution is -2.60. The van der Waals surface area contributed by atoms with Crippen molar-refractivity contribution >= 4 is 11.9 Å². The zero-order chi connectivity index (χ0) is 23.7. The highest BCUT2D eigenvalue weighted by atomic mass is 19.4. The van der Waals surface area contributed by atoms with Gasteiger partial charge in [-0.05, 0) is 87.4 Å². The van der Waals surface area contributed by atoms with E-state index in [-0.39, 0.29) is 35.6 Å². The molecule has 0 bridgehead atoms. The van der Waals surface area contributed by atoms with Gasteiger partial charge in [0, 0.05) is 12.1 Å². The third-order valence-corrected chi connectivity index (χ3v) is 9.25. The van der Waals surface area contributed by atoms with E-state index in [2.05, 4.69) is 6.92 Å². The number of ether oxygens (including phenoxy) is 1. The van der Waals surface area contributed by atoms with Crippen LogP contribution in [0.5, 0.6) is 0 Å². The van der Waals surface area contributed by atoms with Crippen molar-refractivity contribution < 1.29 is 40.7 Å². The topological polar surface area (TPSA) is 46.6 Å². The minimum atomic E-state index is -5.01. The number of likely N-dealkylation sites (tertiary alicyclic amines) is 1. The molecule has 1 heterocycles. The molecule has 4 rings (SSSR count). The molecule has 1 saturated heterocycles. The summed E-state index contributed by atoms with van der Waals surface area (Å²) in [6, 6.07) is 0. The number of carbonyl (C=O) groups excluding carboxylic acids is 2. The van der Waals surface area contributed by atoms with Crippen molar-refractivity contribution in [2.24, 2.45) is 29.1 Å². The Hall–Kier alpha value is -1.48. The van der Waals surface area contributed by atoms with Gasteiger partial charge in [-0.1, -0.05) is 6.92 Å². The van der Waals surface area contributed by atoms with Crippen molar-refractivity contribution in [3.63, 3.8) is 0 Å². The Balaban J connectivity index is 1.48. The molecule has 0 aromatic rings. The van der Waals surface area contributed by atoms with Crippen LogP contribution in [0.15, 0.2) is 0 Å². The van der Waals surface area contributed by atoms with E-state index in [9.17, 15) is 35.9 Å². The smallest absolute Gasteiger partial charge is 0.456 e. The SMILES string of the molecule is C[C@]12CC[C@H](OC(=O)C(F)(F)F)C[C@@H]1CC[C@@H]1[C@@H]2CC[C@@]2(C)[C@H]1CCN2C(=O)C(F)(F)F. The van der Waals surface area contributed by atoms with Gasteiger partial charge < -0.3 is 9.64 Å². The van der Waals surface area contributed by atoms with Gasteiger partial charge in [0.05, 0.1) is 0 Å². The lowest BCUT2D eigenvalue weighted by atomic mass is 9.46. The van der Waals surface area contributed by atoms with E-state index >= 15 is 0 Å². The molecule has 0 radical (unpaired) electrons. The van der Waals surface area contributed by atoms with Gasteiger partial charge in [0.15, 0.2) is 0 Å². The molecular weight excluding hydrogens is 440 g/mol. The molecule has 0 unspecified atom stereocenters. The summed E-state index contributed by atoms with van der Waals surface area (Å²) < 4.78 is 81.9. The van der Waals surface area contributed by atoms with Gasteiger partial charge in [0.2, 0.25) is 0 Å². The molecular formula is C22H29F6NO3. The molecule has 182 valence electrons. The van der Waals surface area contributed by atoms with Gasteiger partial charge in [0.1, 0.15) is 6.10 Å². The van der Waals surface area contributed by atoms with Gasteiger partial charge in [-0.2, -0.15) is 26.3 Å². The molecule has 0 aromatic heterocycles. The monoisotopic (exact) mass is 469 g/mol. The number of rotatable bonds is 1. The number of hydrogen-bond acceptors (Lipinski definition) is 3. The van der Waals surface area contributed by atoms with E-state index < -0.39 is 35.9 Å². The molecule has 10 heteroatoms. The summed E-state index contributed by atoms with van der Waals surface area (Å²) in [5.41, 5.74) is -0.955. The summed E-state index contributed by atoms with van der Waals surface area (Å²) in [4.78, 5) is 24.3. The summed E-state index contributed by atoms with van der Waals surface area (Å²) in [6.45, 7) is 4.04. The van der Waals surface area contributed by atoms with Crippen molar-refractivity contribution in [2.45, 2.75) is 89.2 Å². The van der Waals surface area contributed by atoms with E-state index in [0.29, 0.717) is 38.5 Å². The van der Waals surface area contributed by atoms with E-state index in [0.717, 1.165) is 17.7 Å². The minimum absolute atomic E-state index is 0.00824. The van der Waals surface area contributed by atoms with Crippen LogP contribution in [-0.2, 0) is 14.3 Å². The largest absolute Gasteiger partial charge is 0.490 e. The Bertz CT molecular complexity index is 783. The molecule has 1 aliphatic heterocycles. The first-order chi connectivity index (χ1) is 14.7. The fourth-order valence-corrected chi connectivity index (χ4v) is 7.72. The second kappa shape index (κ2) is 7.52. The molecule has 7 atom stereocenters. The Morgan fingerprint density at radius 1 is 0.875 bits per heavy atom. The standard InChI is InChI=1S/C22H29F6NO3/c1-19-8-5-13(32-18(31)22(26,27)28)11-12(19)3-4-14-15(19)6-9-20(2)16(14)7-10-29(20)17(30)21(23,24)25/h12-16H,3-11H2,1-2H3/t12-,13-,14+,15-,16-,19-,20-/m0/s1. The summed E-state index contributed by atoms with van der Waals surface area (Å²) in [7, 11) is 0. The van der Waals surface area contributed by atoms with Gasteiger partial charge in [0.25, 0.3) is 0 Å². The van der Waals surface area contributed by atoms with Crippen LogP contribution in [0.3, 0.4) is 0 Å². The molecule has 4 nitrogen and oxygen atoms in total. The quantitative estimate of drug-likeness (QED) is 0.389. The molecule has 0 aromatic carbocycles. The third kappa shape index (κ3) is 3.69. The van der Waals surface area contributed by atoms with Crippen LogP contribution in [-0.4, -0.2) is 47.3 Å². The third-order valence-electron chi connectivity index (χ3n) is 9.25. The minimum Gasteiger partial charge on any atom is -0.456 e. The number of amides is 1. The Morgan fingerprint density at radius 3 is 2.19 bits per heavy atom. The Morgan fingerprint density at radius 2 is 1.56 bits per heavy atom. The number of hydrogen-bond donors (Lipinski definition) is 0. The van der Waals surface area contributed by atoms with Crippen LogP contribution in [0.4, 0.5) is 26.3 Å². The molecule has 3 saturated carbocycles. The van der Waals surface area contributed by atoms with Gasteiger partial charge in [-0.25, -0.2) is 4.79 Å². The summed E-state index contributed by atoms with van der Waals surface area (Å²) in [6.07, 6.45) is -6.00. The van der Waals surface area contributed by atoms with E-state index in [1.54, 1.807) is 6.92 Å². The van der Waals surface area contributed by atoms with Crippen molar-refractivity contribution in [1.82, 2.24) is 4.90 Å². The van der Waals surface area contributed by atoms with Gasteiger partial charge in [-0.15, -0.1) is 0 Å². The summed E-state index contributed by atoms with van der Waals surface area (Å²) in [5, 5.41) is 0. The number of fused-ring (bicyclic) bond motifs is 5. The van der Waals surface area contributed by atoms with Crippen molar-refractivity contribution in [1.29, 1.82) is 0 Å².